The van der Waals surface area contributed by atoms with Crippen LogP contribution in [0.4, 0.5) is 0 Å². The van der Waals surface area contributed by atoms with Gasteiger partial charge in [0.25, 0.3) is 5.91 Å². The normalized spacial score (nSPS) is 9.81. The summed E-state index contributed by atoms with van der Waals surface area (Å²) in [5.41, 5.74) is 0.295. The zero-order valence-corrected chi connectivity index (χ0v) is 9.94. The molecule has 0 unspecified atom stereocenters. The summed E-state index contributed by atoms with van der Waals surface area (Å²) in [6.45, 7) is 3.27. The minimum absolute atomic E-state index is 0.169. The van der Waals surface area contributed by atoms with Gasteiger partial charge in [0.1, 0.15) is 6.54 Å². The summed E-state index contributed by atoms with van der Waals surface area (Å²) in [5.74, 6) is -1.49. The summed E-state index contributed by atoms with van der Waals surface area (Å²) in [4.78, 5) is 23.6. The first kappa shape index (κ1) is 12.5. The molecule has 0 atom stereocenters. The van der Waals surface area contributed by atoms with Gasteiger partial charge in [0.05, 0.1) is 11.8 Å². The van der Waals surface area contributed by atoms with Crippen molar-refractivity contribution in [2.24, 2.45) is 0 Å². The Morgan fingerprint density at radius 2 is 2.31 bits per heavy atom. The van der Waals surface area contributed by atoms with Gasteiger partial charge in [-0.3, -0.25) is 9.59 Å². The van der Waals surface area contributed by atoms with Gasteiger partial charge in [0.15, 0.2) is 4.67 Å². The predicted octanol–water partition coefficient (Wildman–Crippen LogP) is 1.75. The van der Waals surface area contributed by atoms with E-state index in [2.05, 4.69) is 22.5 Å². The molecule has 1 amide bonds. The number of halogens is 1. The minimum Gasteiger partial charge on any atom is -0.480 e. The molecule has 0 aromatic carbocycles. The second-order valence-corrected chi connectivity index (χ2v) is 3.70. The molecule has 0 spiro atoms. The van der Waals surface area contributed by atoms with Gasteiger partial charge in [-0.2, -0.15) is 0 Å². The molecule has 1 aromatic heterocycles. The van der Waals surface area contributed by atoms with Crippen molar-refractivity contribution in [1.29, 1.82) is 0 Å². The molecule has 0 fully saturated rings. The van der Waals surface area contributed by atoms with Crippen molar-refractivity contribution in [1.82, 2.24) is 4.90 Å². The molecule has 6 heteroatoms. The van der Waals surface area contributed by atoms with E-state index in [1.807, 2.05) is 0 Å². The largest absolute Gasteiger partial charge is 0.480 e. The van der Waals surface area contributed by atoms with Gasteiger partial charge in [-0.25, -0.2) is 0 Å². The van der Waals surface area contributed by atoms with Crippen molar-refractivity contribution in [2.75, 3.05) is 13.1 Å². The van der Waals surface area contributed by atoms with E-state index in [4.69, 9.17) is 9.52 Å². The summed E-state index contributed by atoms with van der Waals surface area (Å²) in [6, 6.07) is 1.48. The van der Waals surface area contributed by atoms with Crippen LogP contribution in [0, 0.1) is 0 Å². The van der Waals surface area contributed by atoms with Gasteiger partial charge in [-0.15, -0.1) is 6.58 Å². The molecule has 0 saturated carbocycles. The molecule has 1 aromatic rings. The smallest absolute Gasteiger partial charge is 0.323 e. The van der Waals surface area contributed by atoms with Gasteiger partial charge < -0.3 is 14.4 Å². The van der Waals surface area contributed by atoms with Crippen molar-refractivity contribution >= 4 is 27.8 Å². The predicted molar refractivity (Wildman–Crippen MR) is 60.1 cm³/mol. The first-order valence-corrected chi connectivity index (χ1v) is 5.20. The molecule has 0 bridgehead atoms. The Hall–Kier alpha value is -1.56. The summed E-state index contributed by atoms with van der Waals surface area (Å²) in [6.07, 6.45) is 2.82. The number of furan rings is 1. The summed E-state index contributed by atoms with van der Waals surface area (Å²) < 4.78 is 5.20. The summed E-state index contributed by atoms with van der Waals surface area (Å²) >= 11 is 3.07. The summed E-state index contributed by atoms with van der Waals surface area (Å²) in [5, 5.41) is 8.66. The first-order valence-electron chi connectivity index (χ1n) is 4.41. The average Bonchev–Trinajstić information content (AvgIpc) is 2.62. The van der Waals surface area contributed by atoms with Crippen LogP contribution >= 0.6 is 15.9 Å². The van der Waals surface area contributed by atoms with Crippen LogP contribution in [0.15, 0.2) is 34.1 Å². The standard InChI is InChI=1S/C10H10BrNO4/c1-2-4-12(6-8(13)14)10(15)7-3-5-16-9(7)11/h2-3,5H,1,4,6H2,(H,13,14). The van der Waals surface area contributed by atoms with Crippen LogP contribution in [-0.4, -0.2) is 35.0 Å². The van der Waals surface area contributed by atoms with Gasteiger partial charge >= 0.3 is 5.97 Å². The number of nitrogens with zero attached hydrogens (tertiary/aromatic N) is 1. The summed E-state index contributed by atoms with van der Waals surface area (Å²) in [7, 11) is 0. The fourth-order valence-corrected chi connectivity index (χ4v) is 1.56. The molecule has 86 valence electrons. The SMILES string of the molecule is C=CCN(CC(=O)O)C(=O)c1ccoc1Br. The fraction of sp³-hybridized carbons (Fsp3) is 0.200. The van der Waals surface area contributed by atoms with Gasteiger partial charge in [0.2, 0.25) is 0 Å². The zero-order chi connectivity index (χ0) is 12.1. The van der Waals surface area contributed by atoms with Crippen LogP contribution < -0.4 is 0 Å². The van der Waals surface area contributed by atoms with E-state index >= 15 is 0 Å². The van der Waals surface area contributed by atoms with Crippen molar-refractivity contribution in [3.63, 3.8) is 0 Å². The molecule has 16 heavy (non-hydrogen) atoms. The van der Waals surface area contributed by atoms with E-state index in [1.165, 1.54) is 18.4 Å². The van der Waals surface area contributed by atoms with Crippen LogP contribution in [0.3, 0.4) is 0 Å². The third-order valence-corrected chi connectivity index (χ3v) is 2.43. The fourth-order valence-electron chi connectivity index (χ4n) is 1.15. The maximum Gasteiger partial charge on any atom is 0.323 e. The van der Waals surface area contributed by atoms with Crippen LogP contribution in [-0.2, 0) is 4.79 Å². The maximum absolute atomic E-state index is 11.9. The zero-order valence-electron chi connectivity index (χ0n) is 8.35. The van der Waals surface area contributed by atoms with E-state index in [0.29, 0.717) is 5.56 Å². The van der Waals surface area contributed by atoms with Crippen LogP contribution in [0.25, 0.3) is 0 Å². The van der Waals surface area contributed by atoms with Crippen LogP contribution in [0.5, 0.6) is 0 Å². The van der Waals surface area contributed by atoms with Crippen LogP contribution in [0.1, 0.15) is 10.4 Å². The minimum atomic E-state index is -1.07. The number of amides is 1. The van der Waals surface area contributed by atoms with E-state index in [0.717, 1.165) is 4.90 Å². The molecule has 0 aliphatic heterocycles. The number of hydrogen-bond donors (Lipinski definition) is 1. The van der Waals surface area contributed by atoms with Gasteiger partial charge in [-0.1, -0.05) is 6.08 Å². The lowest BCUT2D eigenvalue weighted by Gasteiger charge is -2.17. The number of carbonyl (C=O) groups excluding carboxylic acids is 1. The lowest BCUT2D eigenvalue weighted by molar-refractivity contribution is -0.137. The Bertz CT molecular complexity index is 413. The third-order valence-electron chi connectivity index (χ3n) is 1.81. The molecule has 0 aliphatic rings. The number of aliphatic carboxylic acids is 1. The van der Waals surface area contributed by atoms with E-state index < -0.39 is 11.9 Å². The van der Waals surface area contributed by atoms with Crippen molar-refractivity contribution in [3.8, 4) is 0 Å². The number of carbonyl (C=O) groups is 2. The Morgan fingerprint density at radius 3 is 2.75 bits per heavy atom. The number of hydrogen-bond acceptors (Lipinski definition) is 3. The van der Waals surface area contributed by atoms with Crippen molar-refractivity contribution in [3.05, 3.63) is 35.2 Å². The van der Waals surface area contributed by atoms with Gasteiger partial charge in [0, 0.05) is 6.54 Å². The Labute approximate surface area is 100 Å². The highest BCUT2D eigenvalue weighted by atomic mass is 79.9. The average molecular weight is 288 g/mol. The first-order chi connectivity index (χ1) is 7.56. The third kappa shape index (κ3) is 2.96. The maximum atomic E-state index is 11.9. The molecule has 1 heterocycles. The number of rotatable bonds is 5. The Kier molecular flexibility index (Phi) is 4.30. The number of carboxylic acid groups (broad SMARTS) is 1. The lowest BCUT2D eigenvalue weighted by Crippen LogP contribution is -2.35. The second-order valence-electron chi connectivity index (χ2n) is 2.98. The second kappa shape index (κ2) is 5.50. The molecule has 5 nitrogen and oxygen atoms in total. The monoisotopic (exact) mass is 287 g/mol. The van der Waals surface area contributed by atoms with Crippen molar-refractivity contribution < 1.29 is 19.1 Å². The quantitative estimate of drug-likeness (QED) is 0.838. The number of carboxylic acids is 1. The highest BCUT2D eigenvalue weighted by Gasteiger charge is 2.20. The van der Waals surface area contributed by atoms with E-state index in [9.17, 15) is 9.59 Å². The molecule has 0 radical (unpaired) electrons. The van der Waals surface area contributed by atoms with E-state index in [-0.39, 0.29) is 17.8 Å². The molecule has 1 rings (SSSR count). The highest BCUT2D eigenvalue weighted by molar-refractivity contribution is 9.10. The van der Waals surface area contributed by atoms with Gasteiger partial charge in [-0.05, 0) is 22.0 Å². The molecular formula is C10H10BrNO4. The molecule has 0 aliphatic carbocycles. The molecular weight excluding hydrogens is 278 g/mol. The Morgan fingerprint density at radius 1 is 1.62 bits per heavy atom. The molecule has 0 saturated heterocycles. The molecule has 1 N–H and O–H groups in total. The lowest BCUT2D eigenvalue weighted by atomic mass is 10.3. The Balaban J connectivity index is 2.86. The highest BCUT2D eigenvalue weighted by Crippen LogP contribution is 2.19. The van der Waals surface area contributed by atoms with Crippen molar-refractivity contribution in [2.45, 2.75) is 0 Å². The topological polar surface area (TPSA) is 70.8 Å². The van der Waals surface area contributed by atoms with E-state index in [1.54, 1.807) is 0 Å². The van der Waals surface area contributed by atoms with Crippen LogP contribution in [0.2, 0.25) is 0 Å².